The number of aryl methyl sites for hydroxylation is 3. The van der Waals surface area contributed by atoms with Crippen molar-refractivity contribution in [1.82, 2.24) is 15.0 Å². The number of benzene rings is 1. The summed E-state index contributed by atoms with van der Waals surface area (Å²) in [6.07, 6.45) is 3.25. The van der Waals surface area contributed by atoms with E-state index in [4.69, 9.17) is 5.73 Å². The van der Waals surface area contributed by atoms with Crippen molar-refractivity contribution in [2.45, 2.75) is 20.8 Å². The van der Waals surface area contributed by atoms with Gasteiger partial charge in [0.15, 0.2) is 11.6 Å². The highest BCUT2D eigenvalue weighted by Gasteiger charge is 2.09. The molecule has 0 aliphatic carbocycles. The van der Waals surface area contributed by atoms with Crippen LogP contribution in [0.1, 0.15) is 16.7 Å². The van der Waals surface area contributed by atoms with E-state index >= 15 is 0 Å². The molecule has 0 amide bonds. The number of pyridine rings is 1. The predicted molar refractivity (Wildman–Crippen MR) is 97.9 cm³/mol. The molecule has 3 rings (SSSR count). The van der Waals surface area contributed by atoms with E-state index in [0.717, 1.165) is 11.3 Å². The van der Waals surface area contributed by atoms with Crippen LogP contribution >= 0.6 is 0 Å². The van der Waals surface area contributed by atoms with Gasteiger partial charge in [-0.15, -0.1) is 0 Å². The lowest BCUT2D eigenvalue weighted by Crippen LogP contribution is -2.06. The maximum atomic E-state index is 6.20. The second-order valence-electron chi connectivity index (χ2n) is 5.75. The maximum Gasteiger partial charge on any atom is 0.160 e. The number of anilines is 5. The highest BCUT2D eigenvalue weighted by atomic mass is 15.1. The van der Waals surface area contributed by atoms with Crippen LogP contribution in [-0.2, 0) is 0 Å². The van der Waals surface area contributed by atoms with E-state index in [9.17, 15) is 0 Å². The lowest BCUT2D eigenvalue weighted by Gasteiger charge is -2.13. The summed E-state index contributed by atoms with van der Waals surface area (Å²) in [5, 5.41) is 6.36. The van der Waals surface area contributed by atoms with Crippen molar-refractivity contribution in [2.75, 3.05) is 16.4 Å². The molecule has 0 saturated heterocycles. The van der Waals surface area contributed by atoms with Gasteiger partial charge in [-0.1, -0.05) is 12.1 Å². The molecule has 6 heteroatoms. The van der Waals surface area contributed by atoms with Gasteiger partial charge in [0.2, 0.25) is 0 Å². The summed E-state index contributed by atoms with van der Waals surface area (Å²) < 4.78 is 0. The van der Waals surface area contributed by atoms with Crippen molar-refractivity contribution < 1.29 is 0 Å². The van der Waals surface area contributed by atoms with Crippen molar-refractivity contribution in [3.8, 4) is 0 Å². The summed E-state index contributed by atoms with van der Waals surface area (Å²) in [5.41, 5.74) is 11.1. The molecule has 0 bridgehead atoms. The lowest BCUT2D eigenvalue weighted by molar-refractivity contribution is 1.16. The number of aromatic nitrogens is 3. The Balaban J connectivity index is 1.84. The lowest BCUT2D eigenvalue weighted by atomic mass is 10.1. The summed E-state index contributed by atoms with van der Waals surface area (Å²) in [5.74, 6) is 1.76. The minimum atomic E-state index is 0.443. The van der Waals surface area contributed by atoms with Gasteiger partial charge in [0.25, 0.3) is 0 Å². The van der Waals surface area contributed by atoms with Gasteiger partial charge in [0, 0.05) is 11.9 Å². The van der Waals surface area contributed by atoms with E-state index in [1.54, 1.807) is 6.20 Å². The Kier molecular flexibility index (Phi) is 4.29. The minimum absolute atomic E-state index is 0.443. The number of nitrogen functional groups attached to an aromatic ring is 1. The largest absolute Gasteiger partial charge is 0.393 e. The average Bonchev–Trinajstić information content (AvgIpc) is 2.57. The number of nitrogens with two attached hydrogens (primary N) is 1. The van der Waals surface area contributed by atoms with Crippen molar-refractivity contribution in [2.24, 2.45) is 0 Å². The maximum absolute atomic E-state index is 6.20. The normalized spacial score (nSPS) is 10.5. The molecule has 0 fully saturated rings. The molecule has 0 unspecified atom stereocenters. The fraction of sp³-hybridized carbons (Fsp3) is 0.167. The van der Waals surface area contributed by atoms with Crippen LogP contribution in [0.15, 0.2) is 42.9 Å². The molecule has 6 nitrogen and oxygen atoms in total. The van der Waals surface area contributed by atoms with Gasteiger partial charge in [-0.05, 0) is 55.7 Å². The molecule has 0 aliphatic heterocycles. The molecule has 0 aliphatic rings. The van der Waals surface area contributed by atoms with Crippen LogP contribution in [0.3, 0.4) is 0 Å². The van der Waals surface area contributed by atoms with E-state index in [-0.39, 0.29) is 0 Å². The molecule has 2 heterocycles. The summed E-state index contributed by atoms with van der Waals surface area (Å²) in [4.78, 5) is 12.7. The third kappa shape index (κ3) is 3.43. The van der Waals surface area contributed by atoms with E-state index in [2.05, 4.69) is 51.6 Å². The van der Waals surface area contributed by atoms with Gasteiger partial charge in [0.05, 0.1) is 0 Å². The first-order valence-electron chi connectivity index (χ1n) is 7.67. The molecule has 0 atom stereocenters. The second-order valence-corrected chi connectivity index (χ2v) is 5.75. The molecule has 0 spiro atoms. The van der Waals surface area contributed by atoms with Crippen LogP contribution in [0.2, 0.25) is 0 Å². The van der Waals surface area contributed by atoms with Gasteiger partial charge < -0.3 is 16.4 Å². The molecule has 2 aromatic heterocycles. The number of rotatable bonds is 4. The standard InChI is InChI=1S/C18H20N6/c1-11-4-7-15(20-9-11)24-18-16(19)17(21-10-22-18)23-14-6-5-12(2)13(3)8-14/h4-10H,19H2,1-3H3,(H2,20,21,22,23,24). The molecule has 0 radical (unpaired) electrons. The topological polar surface area (TPSA) is 88.8 Å². The smallest absolute Gasteiger partial charge is 0.160 e. The Morgan fingerprint density at radius 2 is 1.58 bits per heavy atom. The Hall–Kier alpha value is -3.15. The molecule has 0 saturated carbocycles. The zero-order valence-corrected chi connectivity index (χ0v) is 14.0. The first-order valence-corrected chi connectivity index (χ1v) is 7.67. The van der Waals surface area contributed by atoms with Gasteiger partial charge in [-0.2, -0.15) is 0 Å². The van der Waals surface area contributed by atoms with Crippen molar-refractivity contribution in [1.29, 1.82) is 0 Å². The van der Waals surface area contributed by atoms with Crippen molar-refractivity contribution in [3.05, 3.63) is 59.5 Å². The minimum Gasteiger partial charge on any atom is -0.393 e. The van der Waals surface area contributed by atoms with Crippen LogP contribution in [-0.4, -0.2) is 15.0 Å². The quantitative estimate of drug-likeness (QED) is 0.676. The molecule has 1 aromatic carbocycles. The van der Waals surface area contributed by atoms with Gasteiger partial charge in [-0.3, -0.25) is 0 Å². The van der Waals surface area contributed by atoms with Gasteiger partial charge in [-0.25, -0.2) is 15.0 Å². The molecule has 24 heavy (non-hydrogen) atoms. The van der Waals surface area contributed by atoms with E-state index in [0.29, 0.717) is 23.1 Å². The second kappa shape index (κ2) is 6.54. The van der Waals surface area contributed by atoms with Crippen LogP contribution in [0.4, 0.5) is 28.8 Å². The summed E-state index contributed by atoms with van der Waals surface area (Å²) in [6.45, 7) is 6.13. The third-order valence-electron chi connectivity index (χ3n) is 3.81. The summed E-state index contributed by atoms with van der Waals surface area (Å²) in [6, 6.07) is 9.97. The fourth-order valence-electron chi connectivity index (χ4n) is 2.21. The zero-order chi connectivity index (χ0) is 17.1. The molecule has 3 aromatic rings. The SMILES string of the molecule is Cc1ccc(Nc2ncnc(Nc3ccc(C)c(C)c3)c2N)nc1. The van der Waals surface area contributed by atoms with Crippen LogP contribution in [0, 0.1) is 20.8 Å². The van der Waals surface area contributed by atoms with Crippen molar-refractivity contribution >= 4 is 28.8 Å². The fourth-order valence-corrected chi connectivity index (χ4v) is 2.21. The van der Waals surface area contributed by atoms with Crippen molar-refractivity contribution in [3.63, 3.8) is 0 Å². The number of hydrogen-bond acceptors (Lipinski definition) is 6. The highest BCUT2D eigenvalue weighted by molar-refractivity contribution is 5.79. The molecular weight excluding hydrogens is 300 g/mol. The molecule has 122 valence electrons. The third-order valence-corrected chi connectivity index (χ3v) is 3.81. The average molecular weight is 320 g/mol. The zero-order valence-electron chi connectivity index (χ0n) is 14.0. The first-order chi connectivity index (χ1) is 11.5. The van der Waals surface area contributed by atoms with E-state index in [1.165, 1.54) is 17.5 Å². The van der Waals surface area contributed by atoms with Crippen LogP contribution < -0.4 is 16.4 Å². The number of hydrogen-bond donors (Lipinski definition) is 3. The summed E-state index contributed by atoms with van der Waals surface area (Å²) >= 11 is 0. The predicted octanol–water partition coefficient (Wildman–Crippen LogP) is 3.87. The monoisotopic (exact) mass is 320 g/mol. The first kappa shape index (κ1) is 15.7. The summed E-state index contributed by atoms with van der Waals surface area (Å²) in [7, 11) is 0. The van der Waals surface area contributed by atoms with Gasteiger partial charge in [0.1, 0.15) is 17.8 Å². The molecular formula is C18H20N6. The van der Waals surface area contributed by atoms with Crippen LogP contribution in [0.5, 0.6) is 0 Å². The number of nitrogens with zero attached hydrogens (tertiary/aromatic N) is 3. The highest BCUT2D eigenvalue weighted by Crippen LogP contribution is 2.28. The number of nitrogens with one attached hydrogen (secondary N) is 2. The van der Waals surface area contributed by atoms with Crippen LogP contribution in [0.25, 0.3) is 0 Å². The van der Waals surface area contributed by atoms with E-state index < -0.39 is 0 Å². The Morgan fingerprint density at radius 1 is 0.833 bits per heavy atom. The molecule has 4 N–H and O–H groups in total. The Bertz CT molecular complexity index is 858. The van der Waals surface area contributed by atoms with Gasteiger partial charge >= 0.3 is 0 Å². The Morgan fingerprint density at radius 3 is 2.25 bits per heavy atom. The van der Waals surface area contributed by atoms with E-state index in [1.807, 2.05) is 25.1 Å². The Labute approximate surface area is 141 Å².